The van der Waals surface area contributed by atoms with Gasteiger partial charge in [0.1, 0.15) is 29.1 Å². The zero-order valence-electron chi connectivity index (χ0n) is 43.1. The van der Waals surface area contributed by atoms with Crippen LogP contribution in [-0.4, -0.2) is 115 Å². The molecular weight excluding hydrogens is 887 g/mol. The van der Waals surface area contributed by atoms with Gasteiger partial charge in [0.25, 0.3) is 17.4 Å². The fraction of sp³-hybridized carbons (Fsp3) is 0.453. The van der Waals surface area contributed by atoms with Crippen molar-refractivity contribution in [3.05, 3.63) is 111 Å². The van der Waals surface area contributed by atoms with Crippen molar-refractivity contribution < 1.29 is 28.4 Å². The van der Waals surface area contributed by atoms with Crippen molar-refractivity contribution in [2.45, 2.75) is 110 Å². The van der Waals surface area contributed by atoms with Gasteiger partial charge in [0.2, 0.25) is 11.8 Å². The number of nitrogens with one attached hydrogen (secondary N) is 2. The smallest absolute Gasteiger partial charge is 0.276 e. The van der Waals surface area contributed by atoms with Crippen molar-refractivity contribution in [1.29, 1.82) is 0 Å². The highest BCUT2D eigenvalue weighted by Crippen LogP contribution is 2.41. The van der Waals surface area contributed by atoms with E-state index in [9.17, 15) is 29.1 Å². The molecule has 11 rings (SSSR count). The molecule has 70 heavy (non-hydrogen) atoms. The fourth-order valence-electron chi connectivity index (χ4n) is 12.1. The molecular formula is C53H61N11O6. The van der Waals surface area contributed by atoms with Gasteiger partial charge in [0.05, 0.1) is 18.5 Å². The number of anilines is 5. The van der Waals surface area contributed by atoms with Gasteiger partial charge in [-0.25, -0.2) is 9.97 Å². The average Bonchev–Trinajstić information content (AvgIpc) is 3.98. The topological polar surface area (TPSA) is 181 Å². The lowest BCUT2D eigenvalue weighted by atomic mass is 9.90. The van der Waals surface area contributed by atoms with Crippen molar-refractivity contribution in [2.75, 3.05) is 52.7 Å². The minimum Gasteiger partial charge on any atom is -0.392 e. The molecule has 0 unspecified atom stereocenters. The summed E-state index contributed by atoms with van der Waals surface area (Å²) in [6.07, 6.45) is 8.85. The first-order valence-corrected chi connectivity index (χ1v) is 24.5. The number of nitrogens with zero attached hydrogens (tertiary/aromatic N) is 9. The third kappa shape index (κ3) is 8.01. The molecule has 6 aliphatic rings. The number of aryl methyl sites for hydroxylation is 1. The van der Waals surface area contributed by atoms with Crippen molar-refractivity contribution in [2.24, 2.45) is 12.4 Å². The van der Waals surface area contributed by atoms with Gasteiger partial charge >= 0.3 is 0 Å². The van der Waals surface area contributed by atoms with E-state index in [-0.39, 0.29) is 53.1 Å². The summed E-state index contributed by atoms with van der Waals surface area (Å²) in [6.45, 7) is 10.2. The number of hydrogen-bond donors (Lipinski definition) is 3. The van der Waals surface area contributed by atoms with E-state index in [0.717, 1.165) is 68.8 Å². The van der Waals surface area contributed by atoms with Crippen molar-refractivity contribution in [1.82, 2.24) is 34.2 Å². The Kier molecular flexibility index (Phi) is 10.5. The summed E-state index contributed by atoms with van der Waals surface area (Å²) in [4.78, 5) is 85.3. The van der Waals surface area contributed by atoms with Gasteiger partial charge in [-0.05, 0) is 117 Å². The molecule has 0 saturated carbocycles. The molecule has 3 saturated heterocycles. The summed E-state index contributed by atoms with van der Waals surface area (Å²) < 4.78 is 27.6. The summed E-state index contributed by atoms with van der Waals surface area (Å²) in [5.41, 5.74) is 6.91. The van der Waals surface area contributed by atoms with Crippen LogP contribution in [0.15, 0.2) is 71.9 Å². The summed E-state index contributed by atoms with van der Waals surface area (Å²) >= 11 is 0. The zero-order chi connectivity index (χ0) is 51.2. The SMILES string of the molecule is [2H]C([2H])([2H])n1cc(-c2ccnc(N3CCn4c(cc5c4CC(C)(C)C5)C3=O)c2CO)cc(Nc2ccc(N3CCN([C@@H]4CCN(c5ccc6c(c5)CN([C@H]5CCC(=O)NC5=O)C6=O)[C@@H](C)C4)C[C@@H]3C)cn2)c1=O. The van der Waals surface area contributed by atoms with E-state index in [4.69, 9.17) is 4.11 Å². The standard InChI is InChI=1S/C53H61N11O6/c1-31-20-36(13-15-60(31)37-6-8-40-34(21-37)29-64(50(40)68)43-9-11-47(66)57-49(43)67)59-16-17-61(32(2)27-59)38-7-10-46(55-26-38)56-42-22-35(28-58(5)51(42)69)39-12-14-54-48(41(39)30-65)63-19-18-62-44(52(63)70)23-33-24-53(3,4)25-45(33)62/h6-8,10,12,14,21-23,26,28,31-32,36,43,65H,9,11,13,15-20,24-25,27,29-30H2,1-5H3,(H,55,56)(H,57,66,67)/t31-,32-,36+,43-/m0/s1/i5D3. The maximum absolute atomic E-state index is 14.1. The Balaban J connectivity index is 0.748. The number of piperidine rings is 2. The molecule has 4 aromatic heterocycles. The highest BCUT2D eigenvalue weighted by molar-refractivity contribution is 6.07. The molecule has 1 aromatic carbocycles. The number of aliphatic hydroxyl groups is 1. The van der Waals surface area contributed by atoms with Crippen LogP contribution < -0.4 is 30.9 Å². The second-order valence-electron chi connectivity index (χ2n) is 20.8. The van der Waals surface area contributed by atoms with E-state index in [0.29, 0.717) is 70.4 Å². The predicted octanol–water partition coefficient (Wildman–Crippen LogP) is 4.99. The minimum absolute atomic E-state index is 0.0228. The lowest BCUT2D eigenvalue weighted by molar-refractivity contribution is -0.136. The molecule has 3 fully saturated rings. The summed E-state index contributed by atoms with van der Waals surface area (Å²) in [5.74, 6) is -0.477. The normalized spacial score (nSPS) is 24.2. The van der Waals surface area contributed by atoms with E-state index in [1.807, 2.05) is 24.3 Å². The number of carbonyl (C=O) groups excluding carboxylic acids is 4. The first kappa shape index (κ1) is 42.1. The van der Waals surface area contributed by atoms with Gasteiger partial charge in [-0.1, -0.05) is 13.8 Å². The molecule has 0 bridgehead atoms. The van der Waals surface area contributed by atoms with Crippen LogP contribution in [0.25, 0.3) is 11.1 Å². The number of carbonyl (C=O) groups is 4. The molecule has 0 radical (unpaired) electrons. The van der Waals surface area contributed by atoms with Crippen molar-refractivity contribution in [3.63, 3.8) is 0 Å². The number of hydrogen-bond acceptors (Lipinski definition) is 12. The highest BCUT2D eigenvalue weighted by atomic mass is 16.3. The summed E-state index contributed by atoms with van der Waals surface area (Å²) in [6, 6.07) is 15.1. The number of fused-ring (bicyclic) bond motifs is 4. The van der Waals surface area contributed by atoms with Crippen LogP contribution in [0.5, 0.6) is 0 Å². The first-order chi connectivity index (χ1) is 34.8. The van der Waals surface area contributed by atoms with E-state index in [2.05, 4.69) is 73.6 Å². The third-order valence-corrected chi connectivity index (χ3v) is 15.6. The molecule has 0 spiro atoms. The summed E-state index contributed by atoms with van der Waals surface area (Å²) in [7, 11) is 0. The molecule has 17 heteroatoms. The van der Waals surface area contributed by atoms with Gasteiger partial charge in [-0.3, -0.25) is 39.1 Å². The molecule has 4 amide bonds. The molecule has 5 aromatic rings. The van der Waals surface area contributed by atoms with Gasteiger partial charge in [-0.2, -0.15) is 0 Å². The number of rotatable bonds is 9. The monoisotopic (exact) mass is 950 g/mol. The van der Waals surface area contributed by atoms with Crippen molar-refractivity contribution in [3.8, 4) is 11.1 Å². The zero-order valence-corrected chi connectivity index (χ0v) is 40.1. The maximum Gasteiger partial charge on any atom is 0.276 e. The Morgan fingerprint density at radius 2 is 1.67 bits per heavy atom. The molecule has 4 atom stereocenters. The van der Waals surface area contributed by atoms with E-state index >= 15 is 0 Å². The first-order valence-electron chi connectivity index (χ1n) is 26.0. The molecule has 17 nitrogen and oxygen atoms in total. The van der Waals surface area contributed by atoms with Crippen LogP contribution in [0, 0.1) is 5.41 Å². The van der Waals surface area contributed by atoms with Gasteiger partial charge in [0, 0.05) is 122 Å². The number of amides is 4. The van der Waals surface area contributed by atoms with Crippen LogP contribution in [-0.2, 0) is 49.1 Å². The Bertz CT molecular complexity index is 3130. The predicted molar refractivity (Wildman–Crippen MR) is 266 cm³/mol. The molecule has 5 aliphatic heterocycles. The third-order valence-electron chi connectivity index (χ3n) is 15.6. The highest BCUT2D eigenvalue weighted by Gasteiger charge is 2.41. The Morgan fingerprint density at radius 3 is 2.43 bits per heavy atom. The molecule has 3 N–H and O–H groups in total. The van der Waals surface area contributed by atoms with Gasteiger partial charge in [-0.15, -0.1) is 0 Å². The van der Waals surface area contributed by atoms with Crippen LogP contribution in [0.4, 0.5) is 28.7 Å². The van der Waals surface area contributed by atoms with Crippen molar-refractivity contribution >= 4 is 52.3 Å². The second-order valence-corrected chi connectivity index (χ2v) is 20.8. The Labute approximate surface area is 411 Å². The molecule has 9 heterocycles. The number of aliphatic hydroxyl groups excluding tert-OH is 1. The number of benzene rings is 1. The average molecular weight is 951 g/mol. The lowest BCUT2D eigenvalue weighted by Crippen LogP contribution is -2.58. The molecule has 364 valence electrons. The van der Waals surface area contributed by atoms with Crippen LogP contribution in [0.3, 0.4) is 0 Å². The van der Waals surface area contributed by atoms with Crippen LogP contribution in [0.1, 0.15) is 101 Å². The van der Waals surface area contributed by atoms with E-state index in [1.54, 1.807) is 34.2 Å². The van der Waals surface area contributed by atoms with E-state index < -0.39 is 31.1 Å². The minimum atomic E-state index is -2.83. The fourth-order valence-corrected chi connectivity index (χ4v) is 12.1. The number of piperazine rings is 1. The molecule has 1 aliphatic carbocycles. The number of imide groups is 1. The Morgan fingerprint density at radius 1 is 0.843 bits per heavy atom. The lowest BCUT2D eigenvalue weighted by Gasteiger charge is -2.48. The summed E-state index contributed by atoms with van der Waals surface area (Å²) in [5, 5.41) is 16.3. The van der Waals surface area contributed by atoms with Crippen LogP contribution >= 0.6 is 0 Å². The number of pyridine rings is 3. The maximum atomic E-state index is 14.1. The quantitative estimate of drug-likeness (QED) is 0.169. The second kappa shape index (κ2) is 17.5. The van der Waals surface area contributed by atoms with E-state index in [1.165, 1.54) is 23.7 Å². The van der Waals surface area contributed by atoms with Gasteiger partial charge in [0.15, 0.2) is 0 Å². The van der Waals surface area contributed by atoms with Crippen LogP contribution in [0.2, 0.25) is 0 Å². The van der Waals surface area contributed by atoms with Gasteiger partial charge < -0.3 is 34.3 Å². The largest absolute Gasteiger partial charge is 0.392 e. The number of aromatic nitrogens is 4. The Hall–Kier alpha value is -6.85.